The number of nitrogens with one attached hydrogen (secondary N) is 2. The van der Waals surface area contributed by atoms with Crippen LogP contribution in [-0.2, 0) is 10.0 Å². The van der Waals surface area contributed by atoms with E-state index < -0.39 is 16.0 Å². The fraction of sp³-hybridized carbons (Fsp3) is 0.550. The van der Waals surface area contributed by atoms with Crippen molar-refractivity contribution in [2.75, 3.05) is 18.4 Å². The van der Waals surface area contributed by atoms with Crippen LogP contribution in [0.1, 0.15) is 68.6 Å². The smallest absolute Gasteiger partial charge is 0.335 e. The van der Waals surface area contributed by atoms with Gasteiger partial charge in [0.05, 0.1) is 11.3 Å². The summed E-state index contributed by atoms with van der Waals surface area (Å²) in [6.45, 7) is 3.07. The number of hydrogen-bond acceptors (Lipinski definition) is 4. The van der Waals surface area contributed by atoms with Gasteiger partial charge in [-0.25, -0.2) is 17.9 Å². The van der Waals surface area contributed by atoms with E-state index in [1.807, 2.05) is 0 Å². The minimum absolute atomic E-state index is 0.00322. The predicted octanol–water partition coefficient (Wildman–Crippen LogP) is 4.16. The Labute approximate surface area is 162 Å². The van der Waals surface area contributed by atoms with Crippen molar-refractivity contribution in [3.63, 3.8) is 0 Å². The van der Waals surface area contributed by atoms with E-state index in [1.165, 1.54) is 30.2 Å². The second-order valence-corrected chi connectivity index (χ2v) is 8.64. The molecule has 0 fully saturated rings. The van der Waals surface area contributed by atoms with Gasteiger partial charge in [-0.05, 0) is 56.7 Å². The number of anilines is 1. The van der Waals surface area contributed by atoms with Crippen LogP contribution in [0.15, 0.2) is 34.7 Å². The molecule has 150 valence electrons. The summed E-state index contributed by atoms with van der Waals surface area (Å²) in [4.78, 5) is 11.3. The molecule has 0 atom stereocenters. The van der Waals surface area contributed by atoms with Crippen molar-refractivity contribution in [2.24, 2.45) is 0 Å². The van der Waals surface area contributed by atoms with E-state index in [2.05, 4.69) is 23.0 Å². The molecule has 27 heavy (non-hydrogen) atoms. The molecule has 0 heterocycles. The molecule has 2 rings (SSSR count). The van der Waals surface area contributed by atoms with E-state index in [4.69, 9.17) is 0 Å². The lowest BCUT2D eigenvalue weighted by Crippen LogP contribution is -2.26. The van der Waals surface area contributed by atoms with E-state index in [9.17, 15) is 18.3 Å². The Balaban J connectivity index is 2.11. The Hall–Kier alpha value is -1.86. The molecule has 0 amide bonds. The number of carboxylic acid groups (broad SMARTS) is 1. The summed E-state index contributed by atoms with van der Waals surface area (Å²) < 4.78 is 28.2. The van der Waals surface area contributed by atoms with Crippen LogP contribution in [0.4, 0.5) is 5.69 Å². The van der Waals surface area contributed by atoms with Crippen molar-refractivity contribution in [1.29, 1.82) is 0 Å². The molecule has 1 aliphatic rings. The second-order valence-electron chi connectivity index (χ2n) is 6.91. The van der Waals surface area contributed by atoms with Crippen LogP contribution < -0.4 is 10.0 Å². The Morgan fingerprint density at radius 1 is 1.19 bits per heavy atom. The number of hydrogen-bond donors (Lipinski definition) is 3. The molecule has 0 spiro atoms. The van der Waals surface area contributed by atoms with Crippen molar-refractivity contribution in [3.8, 4) is 0 Å². The first kappa shape index (κ1) is 21.4. The molecule has 6 nitrogen and oxygen atoms in total. The molecular weight excluding hydrogens is 364 g/mol. The van der Waals surface area contributed by atoms with Gasteiger partial charge in [0.2, 0.25) is 10.0 Å². The molecule has 7 heteroatoms. The van der Waals surface area contributed by atoms with Crippen LogP contribution in [0.3, 0.4) is 0 Å². The Kier molecular flexibility index (Phi) is 8.31. The number of carboxylic acids is 1. The normalized spacial score (nSPS) is 14.6. The molecule has 1 aromatic carbocycles. The van der Waals surface area contributed by atoms with Gasteiger partial charge in [-0.1, -0.05) is 31.4 Å². The molecule has 0 radical (unpaired) electrons. The van der Waals surface area contributed by atoms with Gasteiger partial charge in [0.25, 0.3) is 0 Å². The van der Waals surface area contributed by atoms with Gasteiger partial charge in [-0.15, -0.1) is 0 Å². The number of aromatic carboxylic acids is 1. The molecule has 3 N–H and O–H groups in total. The van der Waals surface area contributed by atoms with E-state index in [0.717, 1.165) is 38.5 Å². The summed E-state index contributed by atoms with van der Waals surface area (Å²) in [5.41, 5.74) is 1.70. The molecule has 1 aromatic rings. The van der Waals surface area contributed by atoms with Gasteiger partial charge >= 0.3 is 5.97 Å². The van der Waals surface area contributed by atoms with Gasteiger partial charge < -0.3 is 10.4 Å². The van der Waals surface area contributed by atoms with Crippen LogP contribution >= 0.6 is 0 Å². The average Bonchev–Trinajstić information content (AvgIpc) is 2.66. The first-order chi connectivity index (χ1) is 12.9. The Bertz CT molecular complexity index is 772. The zero-order valence-electron chi connectivity index (χ0n) is 16.0. The lowest BCUT2D eigenvalue weighted by molar-refractivity contribution is 0.0696. The summed E-state index contributed by atoms with van der Waals surface area (Å²) in [6.07, 6.45) is 10.4. The maximum Gasteiger partial charge on any atom is 0.335 e. The third-order valence-corrected chi connectivity index (χ3v) is 6.24. The fourth-order valence-electron chi connectivity index (χ4n) is 3.18. The number of carbonyl (C=O) groups is 1. The number of rotatable bonds is 11. The second kappa shape index (κ2) is 10.5. The quantitative estimate of drug-likeness (QED) is 0.387. The monoisotopic (exact) mass is 394 g/mol. The highest BCUT2D eigenvalue weighted by Crippen LogP contribution is 2.24. The lowest BCUT2D eigenvalue weighted by Gasteiger charge is -2.16. The fourth-order valence-corrected chi connectivity index (χ4v) is 4.42. The van der Waals surface area contributed by atoms with Gasteiger partial charge in [0, 0.05) is 13.1 Å². The highest BCUT2D eigenvalue weighted by molar-refractivity contribution is 7.89. The largest absolute Gasteiger partial charge is 0.478 e. The highest BCUT2D eigenvalue weighted by Gasteiger charge is 2.20. The summed E-state index contributed by atoms with van der Waals surface area (Å²) in [7, 11) is -3.79. The number of sulfonamides is 1. The predicted molar refractivity (Wildman–Crippen MR) is 108 cm³/mol. The van der Waals surface area contributed by atoms with Crippen molar-refractivity contribution in [1.82, 2.24) is 4.72 Å². The van der Waals surface area contributed by atoms with E-state index in [0.29, 0.717) is 25.2 Å². The molecule has 0 aromatic heterocycles. The molecule has 0 saturated heterocycles. The zero-order chi connectivity index (χ0) is 19.7. The molecule has 0 saturated carbocycles. The molecular formula is C20H30N2O4S. The van der Waals surface area contributed by atoms with Crippen LogP contribution in [-0.4, -0.2) is 32.6 Å². The summed E-state index contributed by atoms with van der Waals surface area (Å²) in [5.74, 6) is -1.14. The van der Waals surface area contributed by atoms with Gasteiger partial charge in [0.15, 0.2) is 0 Å². The van der Waals surface area contributed by atoms with Crippen LogP contribution in [0.25, 0.3) is 0 Å². The third-order valence-electron chi connectivity index (χ3n) is 4.74. The summed E-state index contributed by atoms with van der Waals surface area (Å²) in [6, 6.07) is 4.19. The van der Waals surface area contributed by atoms with Crippen LogP contribution in [0, 0.1) is 0 Å². The van der Waals surface area contributed by atoms with Crippen molar-refractivity contribution >= 4 is 21.7 Å². The highest BCUT2D eigenvalue weighted by atomic mass is 32.2. The van der Waals surface area contributed by atoms with Crippen molar-refractivity contribution < 1.29 is 18.3 Å². The Morgan fingerprint density at radius 2 is 2.00 bits per heavy atom. The number of unbranched alkanes of at least 4 members (excludes halogenated alkanes) is 2. The lowest BCUT2D eigenvalue weighted by atomic mass is 9.97. The Morgan fingerprint density at radius 3 is 2.67 bits per heavy atom. The molecule has 0 bridgehead atoms. The average molecular weight is 395 g/mol. The topological polar surface area (TPSA) is 95.5 Å². The van der Waals surface area contributed by atoms with Crippen LogP contribution in [0.2, 0.25) is 0 Å². The van der Waals surface area contributed by atoms with Crippen molar-refractivity contribution in [2.45, 2.75) is 63.2 Å². The first-order valence-electron chi connectivity index (χ1n) is 9.73. The summed E-state index contributed by atoms with van der Waals surface area (Å²) in [5, 5.41) is 12.4. The summed E-state index contributed by atoms with van der Waals surface area (Å²) >= 11 is 0. The molecule has 0 unspecified atom stereocenters. The zero-order valence-corrected chi connectivity index (χ0v) is 16.8. The minimum atomic E-state index is -3.79. The maximum atomic E-state index is 12.8. The molecule has 0 aliphatic heterocycles. The van der Waals surface area contributed by atoms with Gasteiger partial charge in [-0.3, -0.25) is 0 Å². The van der Waals surface area contributed by atoms with Gasteiger partial charge in [0.1, 0.15) is 4.90 Å². The molecule has 1 aliphatic carbocycles. The van der Waals surface area contributed by atoms with E-state index in [-0.39, 0.29) is 10.5 Å². The number of benzene rings is 1. The standard InChI is InChI=1S/C20H30N2O4S/c1-2-3-7-13-21-18-11-10-17(20(23)24)15-19(18)27(25,26)22-14-12-16-8-5-4-6-9-16/h8,10-11,15,21-22H,2-7,9,12-14H2,1H3,(H,23,24). The van der Waals surface area contributed by atoms with Crippen molar-refractivity contribution in [3.05, 3.63) is 35.4 Å². The van der Waals surface area contributed by atoms with Crippen LogP contribution in [0.5, 0.6) is 0 Å². The van der Waals surface area contributed by atoms with Gasteiger partial charge in [-0.2, -0.15) is 0 Å². The number of allylic oxidation sites excluding steroid dienone is 1. The minimum Gasteiger partial charge on any atom is -0.478 e. The van der Waals surface area contributed by atoms with E-state index in [1.54, 1.807) is 0 Å². The maximum absolute atomic E-state index is 12.8. The first-order valence-corrected chi connectivity index (χ1v) is 11.2. The van der Waals surface area contributed by atoms with E-state index >= 15 is 0 Å². The SMILES string of the molecule is CCCCCNc1ccc(C(=O)O)cc1S(=O)(=O)NCCC1=CCCCC1. The third kappa shape index (κ3) is 6.66.